The van der Waals surface area contributed by atoms with E-state index in [1.807, 2.05) is 0 Å². The second-order valence-electron chi connectivity index (χ2n) is 4.92. The molecule has 0 spiro atoms. The summed E-state index contributed by atoms with van der Waals surface area (Å²) in [6.45, 7) is 1.17. The SMILES string of the molecule is CC(OC(F)(F)F)c1ccc(C(=O)Oc2cc(F)c(F)c(F)c2)cc1. The molecule has 2 aromatic rings. The molecule has 0 fully saturated rings. The van der Waals surface area contributed by atoms with Crippen LogP contribution in [0.2, 0.25) is 0 Å². The smallest absolute Gasteiger partial charge is 0.423 e. The van der Waals surface area contributed by atoms with Crippen LogP contribution in [0.1, 0.15) is 28.9 Å². The lowest BCUT2D eigenvalue weighted by atomic mass is 10.1. The number of benzene rings is 2. The Morgan fingerprint density at radius 2 is 1.52 bits per heavy atom. The van der Waals surface area contributed by atoms with Gasteiger partial charge in [-0.3, -0.25) is 4.74 Å². The van der Waals surface area contributed by atoms with Crippen molar-refractivity contribution < 1.29 is 40.6 Å². The standard InChI is InChI=1S/C16H10F6O3/c1-8(25-16(20,21)22)9-2-4-10(5-3-9)15(23)24-11-6-12(17)14(19)13(18)7-11/h2-8H,1H3. The van der Waals surface area contributed by atoms with Crippen LogP contribution in [-0.2, 0) is 4.74 Å². The van der Waals surface area contributed by atoms with Gasteiger partial charge >= 0.3 is 12.3 Å². The summed E-state index contributed by atoms with van der Waals surface area (Å²) < 4.78 is 83.9. The fourth-order valence-electron chi connectivity index (χ4n) is 1.92. The second-order valence-corrected chi connectivity index (χ2v) is 4.92. The average molecular weight is 364 g/mol. The Balaban J connectivity index is 2.10. The van der Waals surface area contributed by atoms with E-state index in [9.17, 15) is 31.1 Å². The van der Waals surface area contributed by atoms with Crippen molar-refractivity contribution in [2.24, 2.45) is 0 Å². The van der Waals surface area contributed by atoms with Gasteiger partial charge in [0, 0.05) is 12.1 Å². The second kappa shape index (κ2) is 7.14. The van der Waals surface area contributed by atoms with E-state index in [-0.39, 0.29) is 11.1 Å². The molecule has 0 aliphatic carbocycles. The van der Waals surface area contributed by atoms with Crippen molar-refractivity contribution in [3.8, 4) is 5.75 Å². The molecule has 2 rings (SSSR count). The van der Waals surface area contributed by atoms with Gasteiger partial charge in [0.1, 0.15) is 5.75 Å². The van der Waals surface area contributed by atoms with Gasteiger partial charge in [-0.2, -0.15) is 0 Å². The highest BCUT2D eigenvalue weighted by Gasteiger charge is 2.32. The molecule has 0 aliphatic heterocycles. The Bertz CT molecular complexity index is 747. The van der Waals surface area contributed by atoms with Crippen molar-refractivity contribution >= 4 is 5.97 Å². The summed E-state index contributed by atoms with van der Waals surface area (Å²) in [4.78, 5) is 11.9. The van der Waals surface area contributed by atoms with Gasteiger partial charge in [0.25, 0.3) is 0 Å². The Kier molecular flexibility index (Phi) is 5.36. The van der Waals surface area contributed by atoms with E-state index in [4.69, 9.17) is 4.74 Å². The molecule has 0 bridgehead atoms. The van der Waals surface area contributed by atoms with Crippen LogP contribution < -0.4 is 4.74 Å². The van der Waals surface area contributed by atoms with Crippen LogP contribution in [0.5, 0.6) is 5.75 Å². The molecule has 2 aromatic carbocycles. The van der Waals surface area contributed by atoms with Crippen molar-refractivity contribution in [3.05, 3.63) is 65.0 Å². The van der Waals surface area contributed by atoms with Gasteiger partial charge in [0.15, 0.2) is 17.5 Å². The largest absolute Gasteiger partial charge is 0.523 e. The number of hydrogen-bond acceptors (Lipinski definition) is 3. The summed E-state index contributed by atoms with van der Waals surface area (Å²) in [5, 5.41) is 0. The van der Waals surface area contributed by atoms with Gasteiger partial charge in [-0.15, -0.1) is 13.2 Å². The van der Waals surface area contributed by atoms with Crippen molar-refractivity contribution in [1.82, 2.24) is 0 Å². The number of halogens is 6. The number of carbonyl (C=O) groups excluding carboxylic acids is 1. The minimum absolute atomic E-state index is 0.0897. The first-order valence-corrected chi connectivity index (χ1v) is 6.78. The van der Waals surface area contributed by atoms with Crippen molar-refractivity contribution in [3.63, 3.8) is 0 Å². The third kappa shape index (κ3) is 4.96. The monoisotopic (exact) mass is 364 g/mol. The quantitative estimate of drug-likeness (QED) is 0.334. The minimum atomic E-state index is -4.81. The van der Waals surface area contributed by atoms with Crippen LogP contribution in [-0.4, -0.2) is 12.3 Å². The van der Waals surface area contributed by atoms with E-state index < -0.39 is 41.6 Å². The van der Waals surface area contributed by atoms with Crippen molar-refractivity contribution in [2.75, 3.05) is 0 Å². The molecule has 25 heavy (non-hydrogen) atoms. The lowest BCUT2D eigenvalue weighted by Gasteiger charge is -2.15. The highest BCUT2D eigenvalue weighted by molar-refractivity contribution is 5.91. The predicted octanol–water partition coefficient (Wildman–Crippen LogP) is 4.92. The lowest BCUT2D eigenvalue weighted by molar-refractivity contribution is -0.342. The topological polar surface area (TPSA) is 35.5 Å². The van der Waals surface area contributed by atoms with E-state index in [1.165, 1.54) is 19.1 Å². The fourth-order valence-corrected chi connectivity index (χ4v) is 1.92. The van der Waals surface area contributed by atoms with Gasteiger partial charge in [0.05, 0.1) is 11.7 Å². The molecular formula is C16H10F6O3. The van der Waals surface area contributed by atoms with Crippen LogP contribution in [0.3, 0.4) is 0 Å². The molecule has 134 valence electrons. The molecule has 9 heteroatoms. The maximum atomic E-state index is 13.1. The highest BCUT2D eigenvalue weighted by atomic mass is 19.4. The van der Waals surface area contributed by atoms with Gasteiger partial charge < -0.3 is 4.74 Å². The van der Waals surface area contributed by atoms with E-state index in [1.54, 1.807) is 0 Å². The number of carbonyl (C=O) groups is 1. The van der Waals surface area contributed by atoms with E-state index in [0.29, 0.717) is 12.1 Å². The molecular weight excluding hydrogens is 354 g/mol. The zero-order valence-corrected chi connectivity index (χ0v) is 12.5. The summed E-state index contributed by atoms with van der Waals surface area (Å²) in [6.07, 6.45) is -6.11. The summed E-state index contributed by atoms with van der Waals surface area (Å²) >= 11 is 0. The summed E-state index contributed by atoms with van der Waals surface area (Å²) in [5.74, 6) is -6.35. The van der Waals surface area contributed by atoms with Crippen LogP contribution in [0, 0.1) is 17.5 Å². The number of alkyl halides is 3. The zero-order valence-electron chi connectivity index (χ0n) is 12.5. The van der Waals surface area contributed by atoms with Crippen LogP contribution in [0.15, 0.2) is 36.4 Å². The first kappa shape index (κ1) is 18.8. The normalized spacial score (nSPS) is 12.8. The Morgan fingerprint density at radius 3 is 2.00 bits per heavy atom. The Hall–Kier alpha value is -2.55. The van der Waals surface area contributed by atoms with Gasteiger partial charge in [0.2, 0.25) is 0 Å². The lowest BCUT2D eigenvalue weighted by Crippen LogP contribution is -2.16. The maximum Gasteiger partial charge on any atom is 0.523 e. The summed E-state index contributed by atoms with van der Waals surface area (Å²) in [6, 6.07) is 5.71. The molecule has 3 nitrogen and oxygen atoms in total. The average Bonchev–Trinajstić information content (AvgIpc) is 2.51. The Labute approximate surface area is 137 Å². The van der Waals surface area contributed by atoms with E-state index >= 15 is 0 Å². The van der Waals surface area contributed by atoms with E-state index in [0.717, 1.165) is 12.1 Å². The number of rotatable bonds is 4. The number of esters is 1. The molecule has 0 heterocycles. The Morgan fingerprint density at radius 1 is 1.00 bits per heavy atom. The number of ether oxygens (including phenoxy) is 2. The molecule has 1 unspecified atom stereocenters. The van der Waals surface area contributed by atoms with Gasteiger partial charge in [-0.1, -0.05) is 12.1 Å². The molecule has 0 N–H and O–H groups in total. The summed E-state index contributed by atoms with van der Waals surface area (Å²) in [7, 11) is 0. The first-order valence-electron chi connectivity index (χ1n) is 6.78. The predicted molar refractivity (Wildman–Crippen MR) is 73.3 cm³/mol. The van der Waals surface area contributed by atoms with Crippen LogP contribution in [0.25, 0.3) is 0 Å². The van der Waals surface area contributed by atoms with Gasteiger partial charge in [-0.05, 0) is 24.6 Å². The van der Waals surface area contributed by atoms with Crippen LogP contribution in [0.4, 0.5) is 26.3 Å². The maximum absolute atomic E-state index is 13.1. The first-order chi connectivity index (χ1) is 11.6. The number of hydrogen-bond donors (Lipinski definition) is 0. The molecule has 0 saturated carbocycles. The van der Waals surface area contributed by atoms with Crippen molar-refractivity contribution in [1.29, 1.82) is 0 Å². The third-order valence-corrected chi connectivity index (χ3v) is 3.09. The zero-order chi connectivity index (χ0) is 18.8. The van der Waals surface area contributed by atoms with E-state index in [2.05, 4.69) is 4.74 Å². The highest BCUT2D eigenvalue weighted by Crippen LogP contribution is 2.27. The molecule has 0 aliphatic rings. The van der Waals surface area contributed by atoms with Crippen molar-refractivity contribution in [2.45, 2.75) is 19.4 Å². The molecule has 0 radical (unpaired) electrons. The minimum Gasteiger partial charge on any atom is -0.423 e. The van der Waals surface area contributed by atoms with Crippen LogP contribution >= 0.6 is 0 Å². The molecule has 0 amide bonds. The molecule has 0 aromatic heterocycles. The molecule has 1 atom stereocenters. The summed E-state index contributed by atoms with van der Waals surface area (Å²) in [5.41, 5.74) is 0.0563. The third-order valence-electron chi connectivity index (χ3n) is 3.09. The fraction of sp³-hybridized carbons (Fsp3) is 0.188. The molecule has 0 saturated heterocycles. The van der Waals surface area contributed by atoms with Gasteiger partial charge in [-0.25, -0.2) is 18.0 Å².